The van der Waals surface area contributed by atoms with Gasteiger partial charge in [0.1, 0.15) is 0 Å². The van der Waals surface area contributed by atoms with Gasteiger partial charge in [0.25, 0.3) is 5.89 Å². The number of hydrogen-bond acceptors (Lipinski definition) is 6. The fraction of sp³-hybridized carbons (Fsp3) is 0.125. The van der Waals surface area contributed by atoms with Gasteiger partial charge in [-0.25, -0.2) is 0 Å². The second-order valence-electron chi connectivity index (χ2n) is 5.02. The second-order valence-corrected chi connectivity index (χ2v) is 5.46. The molecule has 8 heteroatoms. The van der Waals surface area contributed by atoms with Gasteiger partial charge in [-0.2, -0.15) is 0 Å². The molecule has 0 bridgehead atoms. The molecule has 1 heterocycles. The van der Waals surface area contributed by atoms with Crippen molar-refractivity contribution in [2.75, 3.05) is 0 Å². The summed E-state index contributed by atoms with van der Waals surface area (Å²) >= 11 is 5.83. The van der Waals surface area contributed by atoms with E-state index in [1.165, 1.54) is 6.07 Å². The van der Waals surface area contributed by atoms with Gasteiger partial charge in [-0.15, -0.1) is 10.2 Å². The predicted octanol–water partition coefficient (Wildman–Crippen LogP) is 4.19. The van der Waals surface area contributed by atoms with Gasteiger partial charge in [0.2, 0.25) is 5.89 Å². The summed E-state index contributed by atoms with van der Waals surface area (Å²) in [6.45, 7) is 1.71. The lowest BCUT2D eigenvalue weighted by molar-refractivity contribution is -0.386. The highest BCUT2D eigenvalue weighted by Gasteiger charge is 2.16. The van der Waals surface area contributed by atoms with Gasteiger partial charge in [-0.05, 0) is 42.8 Å². The Labute approximate surface area is 142 Å². The summed E-state index contributed by atoms with van der Waals surface area (Å²) in [5, 5.41) is 19.5. The van der Waals surface area contributed by atoms with Crippen molar-refractivity contribution in [3.8, 4) is 17.2 Å². The Balaban J connectivity index is 1.74. The van der Waals surface area contributed by atoms with Crippen LogP contribution in [0, 0.1) is 17.0 Å². The van der Waals surface area contributed by atoms with Crippen molar-refractivity contribution in [2.24, 2.45) is 0 Å². The van der Waals surface area contributed by atoms with E-state index in [1.807, 2.05) is 0 Å². The van der Waals surface area contributed by atoms with Crippen LogP contribution in [0.3, 0.4) is 0 Å². The maximum Gasteiger partial charge on any atom is 0.311 e. The van der Waals surface area contributed by atoms with Crippen LogP contribution in [0.4, 0.5) is 5.69 Å². The van der Waals surface area contributed by atoms with Crippen molar-refractivity contribution < 1.29 is 14.1 Å². The first kappa shape index (κ1) is 15.9. The van der Waals surface area contributed by atoms with E-state index in [0.29, 0.717) is 10.9 Å². The zero-order valence-electron chi connectivity index (χ0n) is 12.6. The summed E-state index contributed by atoms with van der Waals surface area (Å²) in [6.07, 6.45) is 0. The summed E-state index contributed by atoms with van der Waals surface area (Å²) < 4.78 is 10.9. The molecule has 0 fully saturated rings. The highest BCUT2D eigenvalue weighted by Crippen LogP contribution is 2.28. The van der Waals surface area contributed by atoms with E-state index in [1.54, 1.807) is 43.3 Å². The van der Waals surface area contributed by atoms with Gasteiger partial charge < -0.3 is 9.15 Å². The molecule has 0 aliphatic heterocycles. The molecule has 1 aromatic heterocycles. The first-order valence-corrected chi connectivity index (χ1v) is 7.37. The van der Waals surface area contributed by atoms with Gasteiger partial charge in [-0.1, -0.05) is 17.7 Å². The van der Waals surface area contributed by atoms with Crippen LogP contribution in [0.2, 0.25) is 5.02 Å². The smallest absolute Gasteiger partial charge is 0.311 e. The monoisotopic (exact) mass is 345 g/mol. The highest BCUT2D eigenvalue weighted by atomic mass is 35.5. The summed E-state index contributed by atoms with van der Waals surface area (Å²) in [5.74, 6) is 0.690. The Bertz CT molecular complexity index is 877. The maximum atomic E-state index is 11.1. The number of halogens is 1. The molecule has 0 amide bonds. The van der Waals surface area contributed by atoms with Crippen molar-refractivity contribution in [1.82, 2.24) is 10.2 Å². The van der Waals surface area contributed by atoms with Crippen LogP contribution in [0.15, 0.2) is 46.9 Å². The fourth-order valence-corrected chi connectivity index (χ4v) is 2.18. The Morgan fingerprint density at radius 3 is 2.67 bits per heavy atom. The third-order valence-corrected chi connectivity index (χ3v) is 3.47. The second kappa shape index (κ2) is 6.67. The summed E-state index contributed by atoms with van der Waals surface area (Å²) in [6, 6.07) is 11.7. The summed E-state index contributed by atoms with van der Waals surface area (Å²) in [7, 11) is 0. The quantitative estimate of drug-likeness (QED) is 0.508. The lowest BCUT2D eigenvalue weighted by atomic mass is 10.2. The molecule has 0 aliphatic carbocycles. The number of hydrogen-bond donors (Lipinski definition) is 0. The summed E-state index contributed by atoms with van der Waals surface area (Å²) in [4.78, 5) is 10.6. The molecule has 7 nitrogen and oxygen atoms in total. The highest BCUT2D eigenvalue weighted by molar-refractivity contribution is 6.30. The minimum absolute atomic E-state index is 0.0650. The van der Waals surface area contributed by atoms with E-state index in [4.69, 9.17) is 20.8 Å². The minimum atomic E-state index is -0.491. The topological polar surface area (TPSA) is 91.3 Å². The molecular formula is C16H12ClN3O4. The zero-order valence-corrected chi connectivity index (χ0v) is 13.4. The van der Waals surface area contributed by atoms with Crippen LogP contribution >= 0.6 is 11.6 Å². The van der Waals surface area contributed by atoms with Crippen molar-refractivity contribution in [3.63, 3.8) is 0 Å². The molecule has 24 heavy (non-hydrogen) atoms. The third kappa shape index (κ3) is 3.52. The molecule has 122 valence electrons. The molecule has 0 saturated carbocycles. The Morgan fingerprint density at radius 2 is 1.96 bits per heavy atom. The van der Waals surface area contributed by atoms with E-state index in [0.717, 1.165) is 11.1 Å². The molecule has 0 N–H and O–H groups in total. The molecule has 0 atom stereocenters. The average Bonchev–Trinajstić information content (AvgIpc) is 3.03. The van der Waals surface area contributed by atoms with E-state index in [2.05, 4.69) is 10.2 Å². The Kier molecular flexibility index (Phi) is 4.43. The van der Waals surface area contributed by atoms with Crippen molar-refractivity contribution in [3.05, 3.63) is 69.1 Å². The number of benzene rings is 2. The van der Waals surface area contributed by atoms with Gasteiger partial charge in [-0.3, -0.25) is 10.1 Å². The van der Waals surface area contributed by atoms with Crippen molar-refractivity contribution >= 4 is 17.3 Å². The number of ether oxygens (including phenoxy) is 1. The molecule has 3 rings (SSSR count). The zero-order chi connectivity index (χ0) is 17.1. The van der Waals surface area contributed by atoms with Crippen molar-refractivity contribution in [1.29, 1.82) is 0 Å². The van der Waals surface area contributed by atoms with Crippen molar-refractivity contribution in [2.45, 2.75) is 13.5 Å². The normalized spacial score (nSPS) is 10.6. The Morgan fingerprint density at radius 1 is 1.21 bits per heavy atom. The SMILES string of the molecule is Cc1ccc(OCc2nnc(-c3ccc(Cl)cc3)o2)c([N+](=O)[O-])c1. The predicted molar refractivity (Wildman–Crippen MR) is 86.9 cm³/mol. The fourth-order valence-electron chi connectivity index (χ4n) is 2.05. The Hall–Kier alpha value is -2.93. The van der Waals surface area contributed by atoms with Crippen LogP contribution in [-0.4, -0.2) is 15.1 Å². The van der Waals surface area contributed by atoms with E-state index in [9.17, 15) is 10.1 Å². The van der Waals surface area contributed by atoms with Gasteiger partial charge >= 0.3 is 5.69 Å². The van der Waals surface area contributed by atoms with Crippen LogP contribution < -0.4 is 4.74 Å². The molecule has 0 radical (unpaired) electrons. The van der Waals surface area contributed by atoms with Crippen LogP contribution in [0.5, 0.6) is 5.75 Å². The standard InChI is InChI=1S/C16H12ClN3O4/c1-10-2-7-14(13(8-10)20(21)22)23-9-15-18-19-16(24-15)11-3-5-12(17)6-4-11/h2-8H,9H2,1H3. The minimum Gasteiger partial charge on any atom is -0.477 e. The lowest BCUT2D eigenvalue weighted by Gasteiger charge is -2.04. The van der Waals surface area contributed by atoms with E-state index >= 15 is 0 Å². The number of nitro groups is 1. The number of aromatic nitrogens is 2. The molecule has 0 aliphatic rings. The van der Waals surface area contributed by atoms with E-state index < -0.39 is 4.92 Å². The number of nitro benzene ring substituents is 1. The van der Waals surface area contributed by atoms with Gasteiger partial charge in [0.15, 0.2) is 12.4 Å². The molecular weight excluding hydrogens is 334 g/mol. The number of nitrogens with zero attached hydrogens (tertiary/aromatic N) is 3. The van der Waals surface area contributed by atoms with Gasteiger partial charge in [0, 0.05) is 16.7 Å². The first-order chi connectivity index (χ1) is 11.5. The molecule has 0 saturated heterocycles. The summed E-state index contributed by atoms with van der Waals surface area (Å²) in [5.41, 5.74) is 1.39. The van der Waals surface area contributed by atoms with E-state index in [-0.39, 0.29) is 23.9 Å². The average molecular weight is 346 g/mol. The molecule has 0 unspecified atom stereocenters. The largest absolute Gasteiger partial charge is 0.477 e. The first-order valence-electron chi connectivity index (χ1n) is 6.99. The number of rotatable bonds is 5. The lowest BCUT2D eigenvalue weighted by Crippen LogP contribution is -1.99. The van der Waals surface area contributed by atoms with Crippen LogP contribution in [0.1, 0.15) is 11.5 Å². The van der Waals surface area contributed by atoms with Crippen LogP contribution in [-0.2, 0) is 6.61 Å². The third-order valence-electron chi connectivity index (χ3n) is 3.22. The maximum absolute atomic E-state index is 11.1. The number of aryl methyl sites for hydroxylation is 1. The van der Waals surface area contributed by atoms with Gasteiger partial charge in [0.05, 0.1) is 4.92 Å². The molecule has 0 spiro atoms. The molecule has 2 aromatic carbocycles. The molecule has 3 aromatic rings. The van der Waals surface area contributed by atoms with Crippen LogP contribution in [0.25, 0.3) is 11.5 Å².